The van der Waals surface area contributed by atoms with E-state index in [1.165, 1.54) is 59.5 Å². The molecular formula is C46H42F2N6O9. The van der Waals surface area contributed by atoms with Gasteiger partial charge >= 0.3 is 5.97 Å². The van der Waals surface area contributed by atoms with Gasteiger partial charge in [-0.2, -0.15) is 4.73 Å². The molecule has 0 atom stereocenters. The van der Waals surface area contributed by atoms with Gasteiger partial charge in [-0.25, -0.2) is 8.78 Å². The van der Waals surface area contributed by atoms with Gasteiger partial charge in [-0.1, -0.05) is 18.2 Å². The largest absolute Gasteiger partial charge is 0.618 e. The molecule has 4 heterocycles. The highest BCUT2D eigenvalue weighted by Gasteiger charge is 2.45. The van der Waals surface area contributed by atoms with Crippen molar-refractivity contribution in [2.45, 2.75) is 52.1 Å². The van der Waals surface area contributed by atoms with Crippen LogP contribution in [0.5, 0.6) is 11.5 Å². The van der Waals surface area contributed by atoms with E-state index in [1.54, 1.807) is 89.3 Å². The molecule has 17 heteroatoms. The van der Waals surface area contributed by atoms with Gasteiger partial charge in [-0.3, -0.25) is 38.8 Å². The second kappa shape index (κ2) is 17.0. The second-order valence-electron chi connectivity index (χ2n) is 15.7. The normalized spacial score (nSPS) is 14.7. The number of esters is 1. The minimum atomic E-state index is -1.21. The topological polar surface area (TPSA) is 183 Å². The number of amides is 4. The van der Waals surface area contributed by atoms with Crippen molar-refractivity contribution in [3.05, 3.63) is 126 Å². The number of nitrogens with one attached hydrogen (secondary N) is 2. The molecule has 2 aliphatic heterocycles. The van der Waals surface area contributed by atoms with Gasteiger partial charge in [-0.15, -0.1) is 0 Å². The molecule has 4 amide bonds. The van der Waals surface area contributed by atoms with Crippen LogP contribution in [0.3, 0.4) is 0 Å². The van der Waals surface area contributed by atoms with Crippen molar-refractivity contribution < 1.29 is 51.7 Å². The Kier molecular flexibility index (Phi) is 11.7. The number of carbonyl (C=O) groups is 5. The molecule has 0 radical (unpaired) electrons. The lowest BCUT2D eigenvalue weighted by Crippen LogP contribution is -2.59. The summed E-state index contributed by atoms with van der Waals surface area (Å²) in [6.07, 6.45) is 2.94. The van der Waals surface area contributed by atoms with E-state index in [-0.39, 0.29) is 31.0 Å². The van der Waals surface area contributed by atoms with Crippen LogP contribution in [0, 0.1) is 23.8 Å². The third-order valence-electron chi connectivity index (χ3n) is 10.9. The van der Waals surface area contributed by atoms with E-state index >= 15 is 0 Å². The van der Waals surface area contributed by atoms with Crippen LogP contribution in [0.1, 0.15) is 39.1 Å². The molecule has 2 aromatic heterocycles. The molecule has 0 fully saturated rings. The summed E-state index contributed by atoms with van der Waals surface area (Å²) in [5.41, 5.74) is -0.108. The minimum absolute atomic E-state index is 0.000641. The molecule has 2 N–H and O–H groups in total. The zero-order valence-corrected chi connectivity index (χ0v) is 35.1. The number of aryl methyl sites for hydroxylation is 1. The Morgan fingerprint density at radius 3 is 1.71 bits per heavy atom. The maximum absolute atomic E-state index is 13.7. The van der Waals surface area contributed by atoms with Crippen molar-refractivity contribution in [3.8, 4) is 11.5 Å². The Bertz CT molecular complexity index is 2850. The van der Waals surface area contributed by atoms with Crippen molar-refractivity contribution >= 4 is 73.9 Å². The zero-order chi connectivity index (χ0) is 45.4. The molecule has 0 bridgehead atoms. The Balaban J connectivity index is 0.000000190. The standard InChI is InChI=1S/C24H22FN3O5.C22H20FN3O4/c1-24(2)23(31)27-18-11-14(25)7-8-19(18)28(24)21(29)13-33-20-6-4-5-15-16(20)9-10-26-17(15)12-22(30)32-3;1-13-15-5-4-6-19(16(15)9-10-25(13)29)30-12-20(27)26-18-8-7-14(23)11-17(18)24-21(28)22(26,2)3/h4-11H,12-13H2,1-3H3,(H,27,31);4-11H,12H2,1-3H3,(H,24,28). The number of pyridine rings is 2. The van der Waals surface area contributed by atoms with Gasteiger partial charge in [0.2, 0.25) is 11.8 Å². The lowest BCUT2D eigenvalue weighted by Gasteiger charge is -2.41. The second-order valence-corrected chi connectivity index (χ2v) is 15.7. The molecule has 0 saturated heterocycles. The number of benzene rings is 4. The van der Waals surface area contributed by atoms with E-state index in [4.69, 9.17) is 14.2 Å². The highest BCUT2D eigenvalue weighted by Crippen LogP contribution is 2.39. The van der Waals surface area contributed by atoms with Crippen LogP contribution >= 0.6 is 0 Å². The Morgan fingerprint density at radius 2 is 1.21 bits per heavy atom. The van der Waals surface area contributed by atoms with Crippen molar-refractivity contribution in [3.63, 3.8) is 0 Å². The molecule has 0 spiro atoms. The number of methoxy groups -OCH3 is 1. The van der Waals surface area contributed by atoms with Gasteiger partial charge in [-0.05, 0) is 88.4 Å². The number of rotatable bonds is 8. The maximum atomic E-state index is 13.7. The molecule has 0 unspecified atom stereocenters. The van der Waals surface area contributed by atoms with Crippen LogP contribution in [0.25, 0.3) is 21.5 Å². The SMILES string of the molecule is COC(=O)Cc1nccc2c(OCC(=O)N3c4ccc(F)cc4NC(=O)C3(C)C)cccc12.Cc1c2cccc(OCC(=O)N3c4ccc(F)cc4NC(=O)C3(C)C)c2cc[n+]1[O-]. The number of hydrogen-bond acceptors (Lipinski definition) is 10. The van der Waals surface area contributed by atoms with Crippen molar-refractivity contribution in [2.24, 2.45) is 0 Å². The van der Waals surface area contributed by atoms with E-state index < -0.39 is 52.3 Å². The summed E-state index contributed by atoms with van der Waals surface area (Å²) in [7, 11) is 1.31. The van der Waals surface area contributed by atoms with Gasteiger partial charge < -0.3 is 30.1 Å². The van der Waals surface area contributed by atoms with Crippen molar-refractivity contribution in [1.29, 1.82) is 0 Å². The summed E-state index contributed by atoms with van der Waals surface area (Å²) >= 11 is 0. The van der Waals surface area contributed by atoms with Crippen LogP contribution in [-0.4, -0.2) is 66.0 Å². The third kappa shape index (κ3) is 8.36. The number of nitrogens with zero attached hydrogens (tertiary/aromatic N) is 4. The number of hydrogen-bond donors (Lipinski definition) is 2. The van der Waals surface area contributed by atoms with E-state index in [0.717, 1.165) is 10.1 Å². The Hall–Kier alpha value is -7.69. The number of halogens is 2. The van der Waals surface area contributed by atoms with Gasteiger partial charge in [0.05, 0.1) is 47.4 Å². The summed E-state index contributed by atoms with van der Waals surface area (Å²) in [6.45, 7) is 7.44. The fourth-order valence-electron chi connectivity index (χ4n) is 7.51. The molecule has 324 valence electrons. The predicted octanol–water partition coefficient (Wildman–Crippen LogP) is 6.30. The first kappa shape index (κ1) is 43.4. The first-order valence-electron chi connectivity index (χ1n) is 19.6. The monoisotopic (exact) mass is 860 g/mol. The summed E-state index contributed by atoms with van der Waals surface area (Å²) in [6, 6.07) is 21.6. The average molecular weight is 861 g/mol. The summed E-state index contributed by atoms with van der Waals surface area (Å²) in [4.78, 5) is 70.1. The quantitative estimate of drug-likeness (QED) is 0.100. The van der Waals surface area contributed by atoms with Crippen molar-refractivity contribution in [2.75, 3.05) is 40.8 Å². The molecular weight excluding hydrogens is 819 g/mol. The highest BCUT2D eigenvalue weighted by molar-refractivity contribution is 6.15. The lowest BCUT2D eigenvalue weighted by atomic mass is 9.96. The first-order valence-corrected chi connectivity index (χ1v) is 19.6. The summed E-state index contributed by atoms with van der Waals surface area (Å²) < 4.78 is 44.4. The smallest absolute Gasteiger partial charge is 0.311 e. The summed E-state index contributed by atoms with van der Waals surface area (Å²) in [5, 5.41) is 19.9. The van der Waals surface area contributed by atoms with Crippen LogP contribution in [-0.2, 0) is 35.1 Å². The molecule has 63 heavy (non-hydrogen) atoms. The molecule has 2 aliphatic rings. The Labute approximate surface area is 359 Å². The molecule has 0 aliphatic carbocycles. The van der Waals surface area contributed by atoms with E-state index in [1.807, 2.05) is 0 Å². The first-order chi connectivity index (χ1) is 29.9. The molecule has 0 saturated carbocycles. The van der Waals surface area contributed by atoms with Gasteiger partial charge in [0.25, 0.3) is 11.8 Å². The van der Waals surface area contributed by atoms with E-state index in [2.05, 4.69) is 15.6 Å². The lowest BCUT2D eigenvalue weighted by molar-refractivity contribution is -0.610. The number of carbonyl (C=O) groups excluding carboxylic acids is 5. The third-order valence-corrected chi connectivity index (χ3v) is 10.9. The number of aromatic nitrogens is 2. The van der Waals surface area contributed by atoms with Crippen LogP contribution < -0.4 is 34.6 Å². The number of ether oxygens (including phenoxy) is 3. The van der Waals surface area contributed by atoms with Crippen LogP contribution in [0.2, 0.25) is 0 Å². The molecule has 4 aromatic carbocycles. The predicted molar refractivity (Wildman–Crippen MR) is 229 cm³/mol. The average Bonchev–Trinajstić information content (AvgIpc) is 3.24. The Morgan fingerprint density at radius 1 is 0.714 bits per heavy atom. The van der Waals surface area contributed by atoms with Crippen LogP contribution in [0.4, 0.5) is 31.5 Å². The van der Waals surface area contributed by atoms with Gasteiger partial charge in [0.15, 0.2) is 25.1 Å². The number of anilines is 4. The highest BCUT2D eigenvalue weighted by atomic mass is 19.1. The van der Waals surface area contributed by atoms with Crippen molar-refractivity contribution in [1.82, 2.24) is 4.98 Å². The maximum Gasteiger partial charge on any atom is 0.311 e. The van der Waals surface area contributed by atoms with Gasteiger partial charge in [0, 0.05) is 35.3 Å². The van der Waals surface area contributed by atoms with Crippen LogP contribution in [0.15, 0.2) is 97.3 Å². The fourth-order valence-corrected chi connectivity index (χ4v) is 7.51. The fraction of sp³-hybridized carbons (Fsp3) is 0.239. The van der Waals surface area contributed by atoms with Gasteiger partial charge in [0.1, 0.15) is 34.2 Å². The zero-order valence-electron chi connectivity index (χ0n) is 35.1. The number of fused-ring (bicyclic) bond motifs is 4. The van der Waals surface area contributed by atoms with E-state index in [0.29, 0.717) is 50.4 Å². The van der Waals surface area contributed by atoms with E-state index in [9.17, 15) is 38.0 Å². The minimum Gasteiger partial charge on any atom is -0.618 e. The summed E-state index contributed by atoms with van der Waals surface area (Å²) in [5.74, 6) is -2.36. The molecule has 8 rings (SSSR count). The molecule has 6 aromatic rings. The molecule has 15 nitrogen and oxygen atoms in total.